The lowest BCUT2D eigenvalue weighted by Crippen LogP contribution is -2.09. The van der Waals surface area contributed by atoms with Crippen LogP contribution < -0.4 is 11.5 Å². The Morgan fingerprint density at radius 1 is 1.57 bits per heavy atom. The summed E-state index contributed by atoms with van der Waals surface area (Å²) in [6, 6.07) is 3.38. The lowest BCUT2D eigenvalue weighted by molar-refractivity contribution is 0.505. The Morgan fingerprint density at radius 3 is 2.93 bits per heavy atom. The van der Waals surface area contributed by atoms with Gasteiger partial charge >= 0.3 is 5.76 Å². The van der Waals surface area contributed by atoms with Crippen molar-refractivity contribution in [1.29, 1.82) is 0 Å². The second-order valence-corrected chi connectivity index (χ2v) is 2.73. The van der Waals surface area contributed by atoms with Crippen molar-refractivity contribution in [3.8, 4) is 11.5 Å². The molecule has 0 spiro atoms. The fourth-order valence-corrected chi connectivity index (χ4v) is 1.05. The van der Waals surface area contributed by atoms with E-state index in [-0.39, 0.29) is 11.7 Å². The topological polar surface area (TPSA) is 86.9 Å². The summed E-state index contributed by atoms with van der Waals surface area (Å²) < 4.78 is 5.96. The van der Waals surface area contributed by atoms with Crippen LogP contribution in [0.5, 0.6) is 0 Å². The average Bonchev–Trinajstić information content (AvgIpc) is 2.48. The molecule has 0 atom stereocenters. The maximum atomic E-state index is 11.0. The lowest BCUT2D eigenvalue weighted by Gasteiger charge is -1.96. The van der Waals surface area contributed by atoms with Gasteiger partial charge < -0.3 is 10.2 Å². The predicted molar refractivity (Wildman–Crippen MR) is 49.4 cm³/mol. The molecule has 0 saturated heterocycles. The highest BCUT2D eigenvalue weighted by Gasteiger charge is 2.10. The van der Waals surface area contributed by atoms with Gasteiger partial charge in [0.05, 0.1) is 5.56 Å². The smallest absolute Gasteiger partial charge is 0.387 e. The zero-order valence-electron chi connectivity index (χ0n) is 7.47. The molecule has 0 fully saturated rings. The van der Waals surface area contributed by atoms with Crippen LogP contribution in [0.15, 0.2) is 27.5 Å². The van der Waals surface area contributed by atoms with E-state index >= 15 is 0 Å². The van der Waals surface area contributed by atoms with Crippen LogP contribution >= 0.6 is 0 Å². The Labute approximate surface area is 79.0 Å². The van der Waals surface area contributed by atoms with Crippen molar-refractivity contribution in [2.24, 2.45) is 7.05 Å². The molecule has 14 heavy (non-hydrogen) atoms. The zero-order chi connectivity index (χ0) is 10.1. The average molecular weight is 192 g/mol. The minimum Gasteiger partial charge on any atom is -0.387 e. The third-order valence-electron chi connectivity index (χ3n) is 1.76. The summed E-state index contributed by atoms with van der Waals surface area (Å²) in [6.07, 6.45) is 1.56. The largest absolute Gasteiger partial charge is 0.437 e. The van der Waals surface area contributed by atoms with Crippen molar-refractivity contribution < 1.29 is 4.42 Å². The van der Waals surface area contributed by atoms with Gasteiger partial charge in [-0.1, -0.05) is 0 Å². The number of rotatable bonds is 1. The van der Waals surface area contributed by atoms with E-state index in [9.17, 15) is 4.79 Å². The molecule has 2 N–H and O–H groups in total. The second-order valence-electron chi connectivity index (χ2n) is 2.73. The summed E-state index contributed by atoms with van der Waals surface area (Å²) in [6.45, 7) is 0. The minimum atomic E-state index is -0.525. The lowest BCUT2D eigenvalue weighted by atomic mass is 10.2. The number of hydrogen-bond acceptors (Lipinski definition) is 5. The number of pyridine rings is 1. The monoisotopic (exact) mass is 192 g/mol. The Morgan fingerprint density at radius 2 is 2.36 bits per heavy atom. The van der Waals surface area contributed by atoms with Gasteiger partial charge in [-0.25, -0.2) is 9.78 Å². The number of aryl methyl sites for hydroxylation is 1. The van der Waals surface area contributed by atoms with Crippen LogP contribution in [0.25, 0.3) is 11.5 Å². The van der Waals surface area contributed by atoms with Crippen molar-refractivity contribution in [1.82, 2.24) is 14.8 Å². The van der Waals surface area contributed by atoms with Gasteiger partial charge in [-0.2, -0.15) is 4.68 Å². The van der Waals surface area contributed by atoms with Crippen molar-refractivity contribution in [3.05, 3.63) is 28.9 Å². The van der Waals surface area contributed by atoms with Crippen molar-refractivity contribution in [2.45, 2.75) is 0 Å². The van der Waals surface area contributed by atoms with E-state index in [0.717, 1.165) is 4.68 Å². The molecular weight excluding hydrogens is 184 g/mol. The van der Waals surface area contributed by atoms with Gasteiger partial charge in [-0.3, -0.25) is 0 Å². The summed E-state index contributed by atoms with van der Waals surface area (Å²) in [7, 11) is 1.50. The molecule has 0 amide bonds. The maximum absolute atomic E-state index is 11.0. The molecule has 0 bridgehead atoms. The van der Waals surface area contributed by atoms with Crippen LogP contribution in [0.2, 0.25) is 0 Å². The molecule has 0 aliphatic rings. The first-order valence-corrected chi connectivity index (χ1v) is 3.93. The van der Waals surface area contributed by atoms with Crippen LogP contribution in [-0.4, -0.2) is 14.8 Å². The van der Waals surface area contributed by atoms with Gasteiger partial charge in [0.25, 0.3) is 5.89 Å². The van der Waals surface area contributed by atoms with Crippen LogP contribution in [0, 0.1) is 0 Å². The number of aromatic nitrogens is 3. The fourth-order valence-electron chi connectivity index (χ4n) is 1.05. The molecule has 72 valence electrons. The Hall–Kier alpha value is -2.11. The normalized spacial score (nSPS) is 10.4. The van der Waals surface area contributed by atoms with E-state index in [2.05, 4.69) is 10.1 Å². The van der Waals surface area contributed by atoms with Crippen LogP contribution in [0.4, 0.5) is 5.82 Å². The number of nitrogens with zero attached hydrogens (tertiary/aromatic N) is 3. The maximum Gasteiger partial charge on any atom is 0.437 e. The predicted octanol–water partition coefficient (Wildman–Crippen LogP) is 0.0175. The van der Waals surface area contributed by atoms with Crippen molar-refractivity contribution in [2.75, 3.05) is 5.73 Å². The van der Waals surface area contributed by atoms with E-state index in [1.54, 1.807) is 18.3 Å². The quantitative estimate of drug-likeness (QED) is 0.688. The van der Waals surface area contributed by atoms with Crippen molar-refractivity contribution >= 4 is 5.82 Å². The standard InChI is InChI=1S/C8H8N4O2/c1-12-8(13)14-7(11-12)5-3-2-4-10-6(5)9/h2-4H,1H3,(H2,9,10). The van der Waals surface area contributed by atoms with Gasteiger partial charge in [0.15, 0.2) is 0 Å². The van der Waals surface area contributed by atoms with Crippen molar-refractivity contribution in [3.63, 3.8) is 0 Å². The number of hydrogen-bond donors (Lipinski definition) is 1. The fraction of sp³-hybridized carbons (Fsp3) is 0.125. The highest BCUT2D eigenvalue weighted by atomic mass is 16.4. The third kappa shape index (κ3) is 1.26. The SMILES string of the molecule is Cn1nc(-c2cccnc2N)oc1=O. The van der Waals surface area contributed by atoms with E-state index < -0.39 is 5.76 Å². The van der Waals surface area contributed by atoms with Crippen LogP contribution in [-0.2, 0) is 7.05 Å². The summed E-state index contributed by atoms with van der Waals surface area (Å²) in [5, 5.41) is 3.86. The van der Waals surface area contributed by atoms with Gasteiger partial charge in [0, 0.05) is 13.2 Å². The Bertz CT molecular complexity index is 514. The van der Waals surface area contributed by atoms with E-state index in [1.807, 2.05) is 0 Å². The van der Waals surface area contributed by atoms with Gasteiger partial charge in [0.1, 0.15) is 5.82 Å². The summed E-state index contributed by atoms with van der Waals surface area (Å²) in [4.78, 5) is 14.9. The summed E-state index contributed by atoms with van der Waals surface area (Å²) >= 11 is 0. The van der Waals surface area contributed by atoms with Gasteiger partial charge in [-0.15, -0.1) is 5.10 Å². The minimum absolute atomic E-state index is 0.183. The molecule has 0 aliphatic heterocycles. The first-order chi connectivity index (χ1) is 6.68. The molecule has 2 heterocycles. The second kappa shape index (κ2) is 2.99. The number of nitrogen functional groups attached to an aromatic ring is 1. The molecule has 2 aromatic heterocycles. The molecule has 6 nitrogen and oxygen atoms in total. The molecule has 6 heteroatoms. The molecule has 0 aliphatic carbocycles. The molecule has 2 rings (SSSR count). The zero-order valence-corrected chi connectivity index (χ0v) is 7.47. The molecule has 2 aromatic rings. The molecular formula is C8H8N4O2. The first-order valence-electron chi connectivity index (χ1n) is 3.93. The summed E-state index contributed by atoms with van der Waals surface area (Å²) in [5.74, 6) is -0.0549. The van der Waals surface area contributed by atoms with Crippen LogP contribution in [0.1, 0.15) is 0 Å². The molecule has 0 unspecified atom stereocenters. The van der Waals surface area contributed by atoms with E-state index in [0.29, 0.717) is 5.56 Å². The molecule has 0 radical (unpaired) electrons. The molecule has 0 saturated carbocycles. The Balaban J connectivity index is 2.60. The van der Waals surface area contributed by atoms with E-state index in [4.69, 9.17) is 10.2 Å². The first kappa shape index (κ1) is 8.49. The van der Waals surface area contributed by atoms with Crippen LogP contribution in [0.3, 0.4) is 0 Å². The Kier molecular flexibility index (Phi) is 1.81. The highest BCUT2D eigenvalue weighted by molar-refractivity contribution is 5.65. The highest BCUT2D eigenvalue weighted by Crippen LogP contribution is 2.19. The number of anilines is 1. The molecule has 0 aromatic carbocycles. The van der Waals surface area contributed by atoms with Gasteiger partial charge in [-0.05, 0) is 12.1 Å². The van der Waals surface area contributed by atoms with E-state index in [1.165, 1.54) is 7.05 Å². The summed E-state index contributed by atoms with van der Waals surface area (Å²) in [5.41, 5.74) is 6.11. The number of nitrogens with two attached hydrogens (primary N) is 1. The van der Waals surface area contributed by atoms with Gasteiger partial charge in [0.2, 0.25) is 0 Å². The third-order valence-corrected chi connectivity index (χ3v) is 1.76.